The predicted molar refractivity (Wildman–Crippen MR) is 105 cm³/mol. The van der Waals surface area contributed by atoms with Crippen molar-refractivity contribution in [1.82, 2.24) is 10.6 Å². The second-order valence-corrected chi connectivity index (χ2v) is 5.99. The standard InChI is InChI=1S/C18H25N3O5S/c1-19-15(22)8-5-13-3-6-14(7-4-13)20-18(27)21-16(23)9-10-17(24)26-12-11-25-2/h3-4,6-7H,5,8-12H2,1-2H3,(H,19,22)(H2,20,21,23,27). The van der Waals surface area contributed by atoms with E-state index in [9.17, 15) is 14.4 Å². The highest BCUT2D eigenvalue weighted by atomic mass is 32.1. The molecule has 148 valence electrons. The number of nitrogens with one attached hydrogen (secondary N) is 3. The zero-order chi connectivity index (χ0) is 20.1. The van der Waals surface area contributed by atoms with Gasteiger partial charge in [0.25, 0.3) is 0 Å². The summed E-state index contributed by atoms with van der Waals surface area (Å²) < 4.78 is 9.63. The Balaban J connectivity index is 2.31. The van der Waals surface area contributed by atoms with Crippen molar-refractivity contribution in [3.05, 3.63) is 29.8 Å². The summed E-state index contributed by atoms with van der Waals surface area (Å²) in [6.45, 7) is 0.479. The third-order valence-corrected chi connectivity index (χ3v) is 3.70. The minimum atomic E-state index is -0.464. The summed E-state index contributed by atoms with van der Waals surface area (Å²) in [4.78, 5) is 34.5. The summed E-state index contributed by atoms with van der Waals surface area (Å²) in [5.41, 5.74) is 1.73. The molecule has 0 heterocycles. The van der Waals surface area contributed by atoms with Crippen molar-refractivity contribution in [2.45, 2.75) is 25.7 Å². The Morgan fingerprint density at radius 1 is 1.00 bits per heavy atom. The van der Waals surface area contributed by atoms with Gasteiger partial charge in [0, 0.05) is 32.7 Å². The summed E-state index contributed by atoms with van der Waals surface area (Å²) in [7, 11) is 3.11. The van der Waals surface area contributed by atoms with E-state index in [0.717, 1.165) is 5.56 Å². The van der Waals surface area contributed by atoms with E-state index in [1.54, 1.807) is 7.05 Å². The third-order valence-electron chi connectivity index (χ3n) is 3.49. The van der Waals surface area contributed by atoms with Gasteiger partial charge in [-0.25, -0.2) is 0 Å². The lowest BCUT2D eigenvalue weighted by atomic mass is 10.1. The summed E-state index contributed by atoms with van der Waals surface area (Å²) in [6, 6.07) is 7.38. The van der Waals surface area contributed by atoms with Crippen molar-refractivity contribution in [3.63, 3.8) is 0 Å². The molecule has 0 bridgehead atoms. The van der Waals surface area contributed by atoms with Crippen LogP contribution < -0.4 is 16.0 Å². The van der Waals surface area contributed by atoms with Crippen molar-refractivity contribution >= 4 is 40.8 Å². The van der Waals surface area contributed by atoms with Crippen LogP contribution in [0.5, 0.6) is 0 Å². The molecule has 3 N–H and O–H groups in total. The number of esters is 1. The Kier molecular flexibility index (Phi) is 10.7. The summed E-state index contributed by atoms with van der Waals surface area (Å²) in [6.07, 6.45) is 1.01. The van der Waals surface area contributed by atoms with E-state index in [2.05, 4.69) is 16.0 Å². The summed E-state index contributed by atoms with van der Waals surface area (Å²) >= 11 is 5.08. The fourth-order valence-electron chi connectivity index (χ4n) is 2.02. The van der Waals surface area contributed by atoms with Crippen LogP contribution in [0.3, 0.4) is 0 Å². The second kappa shape index (κ2) is 12.8. The summed E-state index contributed by atoms with van der Waals surface area (Å²) in [5, 5.41) is 8.12. The van der Waals surface area contributed by atoms with Crippen molar-refractivity contribution < 1.29 is 23.9 Å². The highest BCUT2D eigenvalue weighted by Gasteiger charge is 2.10. The van der Waals surface area contributed by atoms with Gasteiger partial charge < -0.3 is 25.4 Å². The minimum absolute atomic E-state index is 0.0105. The van der Waals surface area contributed by atoms with E-state index in [1.807, 2.05) is 24.3 Å². The van der Waals surface area contributed by atoms with Gasteiger partial charge in [-0.3, -0.25) is 14.4 Å². The maximum absolute atomic E-state index is 11.8. The molecule has 27 heavy (non-hydrogen) atoms. The van der Waals surface area contributed by atoms with Crippen LogP contribution in [0.1, 0.15) is 24.8 Å². The average molecular weight is 395 g/mol. The number of ether oxygens (including phenoxy) is 2. The lowest BCUT2D eigenvalue weighted by Gasteiger charge is -2.10. The number of anilines is 1. The number of rotatable bonds is 10. The van der Waals surface area contributed by atoms with Gasteiger partial charge in [-0.1, -0.05) is 12.1 Å². The van der Waals surface area contributed by atoms with E-state index in [1.165, 1.54) is 7.11 Å². The topological polar surface area (TPSA) is 106 Å². The molecule has 0 aliphatic rings. The van der Waals surface area contributed by atoms with Gasteiger partial charge in [-0.15, -0.1) is 0 Å². The number of carbonyl (C=O) groups excluding carboxylic acids is 3. The largest absolute Gasteiger partial charge is 0.463 e. The van der Waals surface area contributed by atoms with Crippen LogP contribution in [0.2, 0.25) is 0 Å². The Labute approximate surface area is 164 Å². The second-order valence-electron chi connectivity index (χ2n) is 5.59. The van der Waals surface area contributed by atoms with Crippen LogP contribution in [-0.4, -0.2) is 50.3 Å². The number of methoxy groups -OCH3 is 1. The zero-order valence-electron chi connectivity index (χ0n) is 15.5. The van der Waals surface area contributed by atoms with E-state index in [4.69, 9.17) is 21.7 Å². The van der Waals surface area contributed by atoms with E-state index >= 15 is 0 Å². The molecular weight excluding hydrogens is 370 g/mol. The van der Waals surface area contributed by atoms with Crippen LogP contribution in [-0.2, 0) is 30.3 Å². The number of hydrogen-bond acceptors (Lipinski definition) is 6. The number of thiocarbonyl (C=S) groups is 1. The van der Waals surface area contributed by atoms with E-state index < -0.39 is 5.97 Å². The normalized spacial score (nSPS) is 10.0. The van der Waals surface area contributed by atoms with Gasteiger partial charge in [-0.2, -0.15) is 0 Å². The molecule has 0 radical (unpaired) electrons. The Hall–Kier alpha value is -2.52. The number of benzene rings is 1. The van der Waals surface area contributed by atoms with Gasteiger partial charge in [-0.05, 0) is 36.3 Å². The lowest BCUT2D eigenvalue weighted by Crippen LogP contribution is -2.34. The SMILES string of the molecule is CNC(=O)CCc1ccc(NC(=S)NC(=O)CCC(=O)OCCOC)cc1. The average Bonchev–Trinajstić information content (AvgIpc) is 2.65. The summed E-state index contributed by atoms with van der Waals surface area (Å²) in [5.74, 6) is -0.851. The number of carbonyl (C=O) groups is 3. The van der Waals surface area contributed by atoms with Crippen LogP contribution in [0.15, 0.2) is 24.3 Å². The van der Waals surface area contributed by atoms with Gasteiger partial charge in [0.15, 0.2) is 5.11 Å². The molecule has 0 spiro atoms. The van der Waals surface area contributed by atoms with Crippen molar-refractivity contribution in [1.29, 1.82) is 0 Å². The molecule has 8 nitrogen and oxygen atoms in total. The Morgan fingerprint density at radius 2 is 1.70 bits per heavy atom. The van der Waals surface area contributed by atoms with E-state index in [0.29, 0.717) is 25.1 Å². The first kappa shape index (κ1) is 22.5. The molecule has 0 fully saturated rings. The molecule has 1 rings (SSSR count). The van der Waals surface area contributed by atoms with Gasteiger partial charge in [0.05, 0.1) is 13.0 Å². The highest BCUT2D eigenvalue weighted by Crippen LogP contribution is 2.11. The molecule has 0 aliphatic heterocycles. The molecule has 9 heteroatoms. The lowest BCUT2D eigenvalue weighted by molar-refractivity contribution is -0.146. The fourth-order valence-corrected chi connectivity index (χ4v) is 2.25. The van der Waals surface area contributed by atoms with Crippen LogP contribution in [0.25, 0.3) is 0 Å². The molecular formula is C18H25N3O5S. The van der Waals surface area contributed by atoms with Crippen LogP contribution in [0, 0.1) is 0 Å². The molecule has 0 saturated heterocycles. The van der Waals surface area contributed by atoms with Crippen LogP contribution >= 0.6 is 12.2 Å². The maximum Gasteiger partial charge on any atom is 0.306 e. The highest BCUT2D eigenvalue weighted by molar-refractivity contribution is 7.80. The molecule has 2 amide bonds. The monoisotopic (exact) mass is 395 g/mol. The molecule has 1 aromatic carbocycles. The first-order chi connectivity index (χ1) is 12.9. The molecule has 0 atom stereocenters. The number of hydrogen-bond donors (Lipinski definition) is 3. The molecule has 0 aromatic heterocycles. The molecule has 0 saturated carbocycles. The van der Waals surface area contributed by atoms with Crippen molar-refractivity contribution in [3.8, 4) is 0 Å². The molecule has 0 aliphatic carbocycles. The number of aryl methyl sites for hydroxylation is 1. The van der Waals surface area contributed by atoms with E-state index in [-0.39, 0.29) is 36.4 Å². The maximum atomic E-state index is 11.8. The minimum Gasteiger partial charge on any atom is -0.463 e. The van der Waals surface area contributed by atoms with Crippen LogP contribution in [0.4, 0.5) is 5.69 Å². The van der Waals surface area contributed by atoms with Gasteiger partial charge >= 0.3 is 5.97 Å². The third kappa shape index (κ3) is 10.3. The number of amides is 2. The molecule has 0 unspecified atom stereocenters. The van der Waals surface area contributed by atoms with Crippen molar-refractivity contribution in [2.24, 2.45) is 0 Å². The molecule has 1 aromatic rings. The first-order valence-corrected chi connectivity index (χ1v) is 8.90. The Bertz CT molecular complexity index is 649. The predicted octanol–water partition coefficient (Wildman–Crippen LogP) is 1.15. The smallest absolute Gasteiger partial charge is 0.306 e. The quantitative estimate of drug-likeness (QED) is 0.310. The Morgan fingerprint density at radius 3 is 2.33 bits per heavy atom. The first-order valence-electron chi connectivity index (χ1n) is 8.49. The fraction of sp³-hybridized carbons (Fsp3) is 0.444. The van der Waals surface area contributed by atoms with Gasteiger partial charge in [0.2, 0.25) is 11.8 Å². The zero-order valence-corrected chi connectivity index (χ0v) is 16.3. The van der Waals surface area contributed by atoms with Gasteiger partial charge in [0.1, 0.15) is 6.61 Å². The van der Waals surface area contributed by atoms with Crippen molar-refractivity contribution in [2.75, 3.05) is 32.7 Å².